The summed E-state index contributed by atoms with van der Waals surface area (Å²) in [5.74, 6) is 4.99. The van der Waals surface area contributed by atoms with Gasteiger partial charge in [0.05, 0.1) is 0 Å². The minimum absolute atomic E-state index is 0.530. The van der Waals surface area contributed by atoms with Gasteiger partial charge in [-0.05, 0) is 13.0 Å². The number of allylic oxidation sites excluding steroid dienone is 1. The first kappa shape index (κ1) is 6.26. The van der Waals surface area contributed by atoms with Gasteiger partial charge < -0.3 is 5.11 Å². The molecule has 0 amide bonds. The molecule has 0 bridgehead atoms. The maximum Gasteiger partial charge on any atom is 0.112 e. The largest absolute Gasteiger partial charge is 0.381 e. The molecule has 0 aromatic carbocycles. The van der Waals surface area contributed by atoms with E-state index in [0.29, 0.717) is 0 Å². The fourth-order valence-electron chi connectivity index (χ4n) is 0.180. The second kappa shape index (κ2) is 3.45. The molecule has 38 valence electrons. The lowest BCUT2D eigenvalue weighted by atomic mass is 10.4. The molecule has 0 radical (unpaired) electrons. The van der Waals surface area contributed by atoms with Gasteiger partial charge in [0.25, 0.3) is 0 Å². The molecule has 1 heteroatoms. The van der Waals surface area contributed by atoms with Crippen molar-refractivity contribution >= 4 is 0 Å². The lowest BCUT2D eigenvalue weighted by Gasteiger charge is -1.82. The predicted octanol–water partition coefficient (Wildman–Crippen LogP) is 0.557. The summed E-state index contributed by atoms with van der Waals surface area (Å²) in [6, 6.07) is 0. The van der Waals surface area contributed by atoms with Gasteiger partial charge in [-0.2, -0.15) is 0 Å². The Hall–Kier alpha value is -0.740. The van der Waals surface area contributed by atoms with E-state index in [9.17, 15) is 0 Å². The predicted molar refractivity (Wildman–Crippen MR) is 29.7 cm³/mol. The van der Waals surface area contributed by atoms with E-state index in [-0.39, 0.29) is 0 Å². The van der Waals surface area contributed by atoms with Gasteiger partial charge in [-0.25, -0.2) is 0 Å². The van der Waals surface area contributed by atoms with Crippen LogP contribution < -0.4 is 0 Å². The SMILES string of the molecule is C=CC#C[C@@H](C)O. The minimum Gasteiger partial charge on any atom is -0.381 e. The Morgan fingerprint density at radius 3 is 2.57 bits per heavy atom. The summed E-state index contributed by atoms with van der Waals surface area (Å²) in [6.07, 6.45) is 0.921. The van der Waals surface area contributed by atoms with E-state index < -0.39 is 6.10 Å². The standard InChI is InChI=1S/C6H8O/c1-3-4-5-6(2)7/h3,6-7H,1H2,2H3/t6-/m1/s1. The molecule has 0 unspecified atom stereocenters. The Morgan fingerprint density at radius 2 is 2.43 bits per heavy atom. The van der Waals surface area contributed by atoms with E-state index in [1.165, 1.54) is 6.08 Å². The van der Waals surface area contributed by atoms with E-state index >= 15 is 0 Å². The van der Waals surface area contributed by atoms with E-state index in [1.54, 1.807) is 6.92 Å². The second-order valence-corrected chi connectivity index (χ2v) is 1.17. The third kappa shape index (κ3) is 5.26. The number of aliphatic hydroxyl groups excluding tert-OH is 1. The van der Waals surface area contributed by atoms with Crippen molar-refractivity contribution in [3.8, 4) is 11.8 Å². The lowest BCUT2D eigenvalue weighted by molar-refractivity contribution is 0.253. The van der Waals surface area contributed by atoms with Crippen LogP contribution in [-0.4, -0.2) is 11.2 Å². The lowest BCUT2D eigenvalue weighted by Crippen LogP contribution is -1.91. The molecule has 0 aromatic heterocycles. The number of hydrogen-bond donors (Lipinski definition) is 1. The van der Waals surface area contributed by atoms with Crippen molar-refractivity contribution < 1.29 is 5.11 Å². The Balaban J connectivity index is 3.43. The van der Waals surface area contributed by atoms with E-state index in [4.69, 9.17) is 5.11 Å². The van der Waals surface area contributed by atoms with Crippen molar-refractivity contribution in [2.24, 2.45) is 0 Å². The highest BCUT2D eigenvalue weighted by Gasteiger charge is 1.78. The zero-order valence-electron chi connectivity index (χ0n) is 4.31. The topological polar surface area (TPSA) is 20.2 Å². The maximum absolute atomic E-state index is 8.46. The molecule has 0 fully saturated rings. The van der Waals surface area contributed by atoms with E-state index in [2.05, 4.69) is 18.4 Å². The van der Waals surface area contributed by atoms with Gasteiger partial charge in [0, 0.05) is 0 Å². The summed E-state index contributed by atoms with van der Waals surface area (Å²) in [7, 11) is 0. The first-order chi connectivity index (χ1) is 3.27. The summed E-state index contributed by atoms with van der Waals surface area (Å²) < 4.78 is 0. The second-order valence-electron chi connectivity index (χ2n) is 1.17. The summed E-state index contributed by atoms with van der Waals surface area (Å²) in [4.78, 5) is 0. The monoisotopic (exact) mass is 96.1 g/mol. The van der Waals surface area contributed by atoms with Gasteiger partial charge in [-0.1, -0.05) is 18.4 Å². The highest BCUT2D eigenvalue weighted by Crippen LogP contribution is 1.70. The minimum atomic E-state index is -0.530. The average Bonchev–Trinajstić information content (AvgIpc) is 1.61. The zero-order chi connectivity index (χ0) is 5.70. The summed E-state index contributed by atoms with van der Waals surface area (Å²) in [6.45, 7) is 4.96. The van der Waals surface area contributed by atoms with Crippen molar-refractivity contribution in [3.05, 3.63) is 12.7 Å². The van der Waals surface area contributed by atoms with Crippen LogP contribution in [0.4, 0.5) is 0 Å². The van der Waals surface area contributed by atoms with Gasteiger partial charge in [-0.15, -0.1) is 0 Å². The van der Waals surface area contributed by atoms with E-state index in [1.807, 2.05) is 0 Å². The molecule has 0 saturated heterocycles. The molecule has 1 N–H and O–H groups in total. The number of hydrogen-bond acceptors (Lipinski definition) is 1. The Labute approximate surface area is 43.7 Å². The zero-order valence-corrected chi connectivity index (χ0v) is 4.31. The van der Waals surface area contributed by atoms with Crippen LogP contribution in [0.1, 0.15) is 6.92 Å². The van der Waals surface area contributed by atoms with Crippen molar-refractivity contribution in [2.75, 3.05) is 0 Å². The smallest absolute Gasteiger partial charge is 0.112 e. The fraction of sp³-hybridized carbons (Fsp3) is 0.333. The van der Waals surface area contributed by atoms with Crippen LogP contribution in [0.15, 0.2) is 12.7 Å². The highest BCUT2D eigenvalue weighted by molar-refractivity contribution is 5.14. The van der Waals surface area contributed by atoms with Crippen LogP contribution in [0, 0.1) is 11.8 Å². The summed E-state index contributed by atoms with van der Waals surface area (Å²) in [5, 5.41) is 8.46. The molecule has 0 aliphatic heterocycles. The molecule has 0 heterocycles. The van der Waals surface area contributed by atoms with Gasteiger partial charge in [0.15, 0.2) is 0 Å². The molecule has 0 rings (SSSR count). The van der Waals surface area contributed by atoms with Gasteiger partial charge in [-0.3, -0.25) is 0 Å². The van der Waals surface area contributed by atoms with E-state index in [0.717, 1.165) is 0 Å². The van der Waals surface area contributed by atoms with Crippen LogP contribution in [0.25, 0.3) is 0 Å². The molecule has 0 spiro atoms. The number of rotatable bonds is 0. The fourth-order valence-corrected chi connectivity index (χ4v) is 0.180. The third-order valence-electron chi connectivity index (χ3n) is 0.394. The Morgan fingerprint density at radius 1 is 1.86 bits per heavy atom. The normalized spacial score (nSPS) is 11.1. The van der Waals surface area contributed by atoms with Crippen LogP contribution in [0.2, 0.25) is 0 Å². The third-order valence-corrected chi connectivity index (χ3v) is 0.394. The Kier molecular flexibility index (Phi) is 3.09. The van der Waals surface area contributed by atoms with Gasteiger partial charge >= 0.3 is 0 Å². The average molecular weight is 96.1 g/mol. The summed E-state index contributed by atoms with van der Waals surface area (Å²) in [5.41, 5.74) is 0. The van der Waals surface area contributed by atoms with Crippen LogP contribution in [0.3, 0.4) is 0 Å². The van der Waals surface area contributed by atoms with Gasteiger partial charge in [0.2, 0.25) is 0 Å². The van der Waals surface area contributed by atoms with Crippen LogP contribution >= 0.6 is 0 Å². The first-order valence-electron chi connectivity index (χ1n) is 2.07. The molecule has 0 aliphatic carbocycles. The van der Waals surface area contributed by atoms with Crippen LogP contribution in [0.5, 0.6) is 0 Å². The molecule has 1 nitrogen and oxygen atoms in total. The first-order valence-corrected chi connectivity index (χ1v) is 2.07. The summed E-state index contributed by atoms with van der Waals surface area (Å²) >= 11 is 0. The maximum atomic E-state index is 8.46. The van der Waals surface area contributed by atoms with Crippen LogP contribution in [-0.2, 0) is 0 Å². The van der Waals surface area contributed by atoms with Crippen molar-refractivity contribution in [1.82, 2.24) is 0 Å². The Bertz CT molecular complexity index is 103. The van der Waals surface area contributed by atoms with Crippen molar-refractivity contribution in [1.29, 1.82) is 0 Å². The molecular formula is C6H8O. The number of aliphatic hydroxyl groups is 1. The molecule has 1 atom stereocenters. The quantitative estimate of drug-likeness (QED) is 0.437. The van der Waals surface area contributed by atoms with Crippen molar-refractivity contribution in [2.45, 2.75) is 13.0 Å². The highest BCUT2D eigenvalue weighted by atomic mass is 16.3. The molecular weight excluding hydrogens is 88.1 g/mol. The van der Waals surface area contributed by atoms with Gasteiger partial charge in [0.1, 0.15) is 6.10 Å². The molecule has 0 aliphatic rings. The molecule has 0 aromatic rings. The molecule has 0 saturated carbocycles. The molecule has 7 heavy (non-hydrogen) atoms. The van der Waals surface area contributed by atoms with Crippen molar-refractivity contribution in [3.63, 3.8) is 0 Å².